The molecule has 0 bridgehead atoms. The summed E-state index contributed by atoms with van der Waals surface area (Å²) in [5.74, 6) is 1.66. The summed E-state index contributed by atoms with van der Waals surface area (Å²) in [4.78, 5) is 13.1. The zero-order chi connectivity index (χ0) is 16.4. The number of benzene rings is 1. The molecule has 7 nitrogen and oxygen atoms in total. The van der Waals surface area contributed by atoms with Crippen LogP contribution in [0.3, 0.4) is 0 Å². The predicted octanol–water partition coefficient (Wildman–Crippen LogP) is 3.17. The van der Waals surface area contributed by atoms with Gasteiger partial charge in [-0.1, -0.05) is 6.07 Å². The van der Waals surface area contributed by atoms with Crippen LogP contribution in [0.25, 0.3) is 22.4 Å². The second kappa shape index (κ2) is 5.96. The van der Waals surface area contributed by atoms with Crippen molar-refractivity contribution < 1.29 is 4.74 Å². The van der Waals surface area contributed by atoms with Crippen LogP contribution in [-0.4, -0.2) is 32.3 Å². The number of aromatic amines is 1. The van der Waals surface area contributed by atoms with Crippen LogP contribution in [-0.2, 0) is 0 Å². The predicted molar refractivity (Wildman–Crippen MR) is 91.2 cm³/mol. The molecule has 4 aromatic rings. The topological polar surface area (TPSA) is 88.6 Å². The molecule has 3 heterocycles. The minimum absolute atomic E-state index is 0.529. The molecule has 0 unspecified atom stereocenters. The van der Waals surface area contributed by atoms with Gasteiger partial charge in [0, 0.05) is 17.3 Å². The number of rotatable bonds is 4. The minimum atomic E-state index is 0.529. The summed E-state index contributed by atoms with van der Waals surface area (Å²) in [5, 5.41) is 11.3. The van der Waals surface area contributed by atoms with Gasteiger partial charge in [-0.3, -0.25) is 10.1 Å². The smallest absolute Gasteiger partial charge is 0.180 e. The maximum atomic E-state index is 5.35. The number of hydrogen-bond donors (Lipinski definition) is 2. The molecule has 1 aromatic carbocycles. The molecular formula is C17H14N6O. The number of aromatic nitrogens is 5. The largest absolute Gasteiger partial charge is 0.491 e. The van der Waals surface area contributed by atoms with Crippen LogP contribution in [0.1, 0.15) is 0 Å². The van der Waals surface area contributed by atoms with Gasteiger partial charge in [-0.05, 0) is 30.3 Å². The van der Waals surface area contributed by atoms with Crippen LogP contribution in [0.4, 0.5) is 11.5 Å². The first kappa shape index (κ1) is 14.1. The third kappa shape index (κ3) is 2.63. The molecule has 118 valence electrons. The van der Waals surface area contributed by atoms with E-state index in [1.807, 2.05) is 36.4 Å². The van der Waals surface area contributed by atoms with Gasteiger partial charge in [-0.25, -0.2) is 9.97 Å². The van der Waals surface area contributed by atoms with Gasteiger partial charge >= 0.3 is 0 Å². The van der Waals surface area contributed by atoms with E-state index >= 15 is 0 Å². The zero-order valence-corrected chi connectivity index (χ0v) is 12.9. The SMILES string of the molecule is COc1cnc(-c2ccccn2)nc1Nc1ccc2cn[nH]c2c1. The van der Waals surface area contributed by atoms with E-state index in [0.29, 0.717) is 23.1 Å². The number of hydrogen-bond acceptors (Lipinski definition) is 6. The lowest BCUT2D eigenvalue weighted by Crippen LogP contribution is -2.01. The number of ether oxygens (including phenoxy) is 1. The molecule has 4 rings (SSSR count). The third-order valence-electron chi connectivity index (χ3n) is 3.57. The van der Waals surface area contributed by atoms with Crippen molar-refractivity contribution in [1.29, 1.82) is 0 Å². The first-order chi connectivity index (χ1) is 11.8. The molecule has 3 aromatic heterocycles. The Bertz CT molecular complexity index is 983. The average Bonchev–Trinajstić information content (AvgIpc) is 3.10. The summed E-state index contributed by atoms with van der Waals surface area (Å²) in [7, 11) is 1.59. The van der Waals surface area contributed by atoms with Crippen molar-refractivity contribution in [3.63, 3.8) is 0 Å². The first-order valence-electron chi connectivity index (χ1n) is 7.36. The van der Waals surface area contributed by atoms with Crippen molar-refractivity contribution in [1.82, 2.24) is 25.1 Å². The molecule has 0 aliphatic carbocycles. The van der Waals surface area contributed by atoms with Crippen molar-refractivity contribution in [2.75, 3.05) is 12.4 Å². The van der Waals surface area contributed by atoms with Gasteiger partial charge < -0.3 is 10.1 Å². The Morgan fingerprint density at radius 2 is 2.04 bits per heavy atom. The van der Waals surface area contributed by atoms with E-state index < -0.39 is 0 Å². The Kier molecular flexibility index (Phi) is 3.51. The molecule has 0 radical (unpaired) electrons. The van der Waals surface area contributed by atoms with Gasteiger partial charge in [0.2, 0.25) is 0 Å². The molecular weight excluding hydrogens is 304 g/mol. The highest BCUT2D eigenvalue weighted by Crippen LogP contribution is 2.28. The third-order valence-corrected chi connectivity index (χ3v) is 3.57. The van der Waals surface area contributed by atoms with Gasteiger partial charge in [-0.2, -0.15) is 5.10 Å². The van der Waals surface area contributed by atoms with E-state index in [-0.39, 0.29) is 0 Å². The molecule has 0 amide bonds. The average molecular weight is 318 g/mol. The molecule has 0 saturated heterocycles. The van der Waals surface area contributed by atoms with E-state index in [2.05, 4.69) is 30.5 Å². The zero-order valence-electron chi connectivity index (χ0n) is 12.9. The van der Waals surface area contributed by atoms with Gasteiger partial charge in [0.05, 0.1) is 25.0 Å². The molecule has 0 aliphatic rings. The first-order valence-corrected chi connectivity index (χ1v) is 7.36. The quantitative estimate of drug-likeness (QED) is 0.601. The van der Waals surface area contributed by atoms with Crippen LogP contribution >= 0.6 is 0 Å². The van der Waals surface area contributed by atoms with Crippen molar-refractivity contribution in [3.8, 4) is 17.3 Å². The maximum absolute atomic E-state index is 5.35. The molecule has 2 N–H and O–H groups in total. The Labute approximate surface area is 137 Å². The van der Waals surface area contributed by atoms with E-state index in [9.17, 15) is 0 Å². The highest BCUT2D eigenvalue weighted by atomic mass is 16.5. The summed E-state index contributed by atoms with van der Waals surface area (Å²) >= 11 is 0. The Morgan fingerprint density at radius 3 is 2.88 bits per heavy atom. The van der Waals surface area contributed by atoms with E-state index in [0.717, 1.165) is 16.6 Å². The lowest BCUT2D eigenvalue weighted by Gasteiger charge is -2.11. The normalized spacial score (nSPS) is 10.7. The summed E-state index contributed by atoms with van der Waals surface area (Å²) in [6, 6.07) is 11.5. The lowest BCUT2D eigenvalue weighted by molar-refractivity contribution is 0.413. The number of pyridine rings is 1. The monoisotopic (exact) mass is 318 g/mol. The van der Waals surface area contributed by atoms with E-state index in [4.69, 9.17) is 4.74 Å². The van der Waals surface area contributed by atoms with Crippen LogP contribution in [0.5, 0.6) is 5.75 Å². The van der Waals surface area contributed by atoms with Crippen LogP contribution in [0, 0.1) is 0 Å². The highest BCUT2D eigenvalue weighted by Gasteiger charge is 2.11. The summed E-state index contributed by atoms with van der Waals surface area (Å²) in [6.45, 7) is 0. The van der Waals surface area contributed by atoms with Crippen molar-refractivity contribution in [3.05, 3.63) is 55.0 Å². The Hall–Kier alpha value is -3.48. The molecule has 0 spiro atoms. The number of H-pyrrole nitrogens is 1. The highest BCUT2D eigenvalue weighted by molar-refractivity contribution is 5.82. The number of anilines is 2. The molecule has 24 heavy (non-hydrogen) atoms. The summed E-state index contributed by atoms with van der Waals surface area (Å²) in [5.41, 5.74) is 2.51. The Morgan fingerprint density at radius 1 is 1.08 bits per heavy atom. The van der Waals surface area contributed by atoms with Crippen molar-refractivity contribution >= 4 is 22.4 Å². The molecule has 0 saturated carbocycles. The van der Waals surface area contributed by atoms with Gasteiger partial charge in [0.25, 0.3) is 0 Å². The molecule has 0 atom stereocenters. The standard InChI is InChI=1S/C17H14N6O/c1-24-15-10-19-16(13-4-2-3-7-18-13)22-17(15)21-12-6-5-11-9-20-23-14(11)8-12/h2-10H,1H3,(H,20,23)(H,19,21,22). The Balaban J connectivity index is 1.72. The second-order valence-electron chi connectivity index (χ2n) is 5.12. The van der Waals surface area contributed by atoms with Crippen LogP contribution in [0.15, 0.2) is 55.0 Å². The second-order valence-corrected chi connectivity index (χ2v) is 5.12. The van der Waals surface area contributed by atoms with E-state index in [1.165, 1.54) is 0 Å². The molecule has 7 heteroatoms. The number of nitrogens with one attached hydrogen (secondary N) is 2. The summed E-state index contributed by atoms with van der Waals surface area (Å²) < 4.78 is 5.35. The van der Waals surface area contributed by atoms with Crippen molar-refractivity contribution in [2.24, 2.45) is 0 Å². The number of fused-ring (bicyclic) bond motifs is 1. The van der Waals surface area contributed by atoms with Gasteiger partial charge in [-0.15, -0.1) is 0 Å². The van der Waals surface area contributed by atoms with E-state index in [1.54, 1.807) is 25.7 Å². The van der Waals surface area contributed by atoms with Gasteiger partial charge in [0.15, 0.2) is 17.4 Å². The number of methoxy groups -OCH3 is 1. The minimum Gasteiger partial charge on any atom is -0.491 e. The van der Waals surface area contributed by atoms with Crippen LogP contribution < -0.4 is 10.1 Å². The molecule has 0 fully saturated rings. The lowest BCUT2D eigenvalue weighted by atomic mass is 10.2. The fraction of sp³-hybridized carbons (Fsp3) is 0.0588. The fourth-order valence-electron chi connectivity index (χ4n) is 2.38. The number of nitrogens with zero attached hydrogens (tertiary/aromatic N) is 4. The molecule has 0 aliphatic heterocycles. The summed E-state index contributed by atoms with van der Waals surface area (Å²) in [6.07, 6.45) is 5.12. The van der Waals surface area contributed by atoms with Crippen LogP contribution in [0.2, 0.25) is 0 Å². The maximum Gasteiger partial charge on any atom is 0.180 e. The van der Waals surface area contributed by atoms with Gasteiger partial charge in [0.1, 0.15) is 5.69 Å². The fourth-order valence-corrected chi connectivity index (χ4v) is 2.38. The van der Waals surface area contributed by atoms with Crippen molar-refractivity contribution in [2.45, 2.75) is 0 Å².